The minimum atomic E-state index is 0.193. The van der Waals surface area contributed by atoms with E-state index in [1.54, 1.807) is 18.3 Å². The highest BCUT2D eigenvalue weighted by molar-refractivity contribution is 7.09. The fourth-order valence-electron chi connectivity index (χ4n) is 2.11. The molecule has 1 fully saturated rings. The Morgan fingerprint density at radius 1 is 1.56 bits per heavy atom. The van der Waals surface area contributed by atoms with Crippen LogP contribution in [0.5, 0.6) is 0 Å². The summed E-state index contributed by atoms with van der Waals surface area (Å²) in [5.41, 5.74) is 0.946. The molecule has 1 saturated heterocycles. The van der Waals surface area contributed by atoms with Gasteiger partial charge in [0.1, 0.15) is 5.78 Å². The summed E-state index contributed by atoms with van der Waals surface area (Å²) in [6, 6.07) is 0. The Morgan fingerprint density at radius 2 is 2.31 bits per heavy atom. The van der Waals surface area contributed by atoms with Crippen molar-refractivity contribution in [3.05, 3.63) is 16.1 Å². The maximum Gasteiger partial charge on any atom is 0.135 e. The average molecular weight is 238 g/mol. The van der Waals surface area contributed by atoms with Crippen molar-refractivity contribution in [2.75, 3.05) is 13.1 Å². The summed E-state index contributed by atoms with van der Waals surface area (Å²) in [5, 5.41) is 6.59. The number of nitrogens with zero attached hydrogens (tertiary/aromatic N) is 1. The van der Waals surface area contributed by atoms with Crippen molar-refractivity contribution in [1.82, 2.24) is 10.3 Å². The summed E-state index contributed by atoms with van der Waals surface area (Å²) in [4.78, 5) is 15.5. The third-order valence-corrected chi connectivity index (χ3v) is 3.87. The van der Waals surface area contributed by atoms with E-state index in [0.29, 0.717) is 6.42 Å². The molecular weight excluding hydrogens is 220 g/mol. The van der Waals surface area contributed by atoms with Crippen LogP contribution in [0.4, 0.5) is 0 Å². The van der Waals surface area contributed by atoms with Crippen LogP contribution < -0.4 is 5.32 Å². The van der Waals surface area contributed by atoms with Crippen molar-refractivity contribution in [1.29, 1.82) is 0 Å². The molecule has 0 atom stereocenters. The molecule has 0 amide bonds. The predicted octanol–water partition coefficient (Wildman–Crippen LogP) is 1.82. The zero-order valence-electron chi connectivity index (χ0n) is 9.66. The van der Waals surface area contributed by atoms with Crippen LogP contribution in [0.2, 0.25) is 0 Å². The third kappa shape index (κ3) is 3.39. The minimum absolute atomic E-state index is 0.193. The van der Waals surface area contributed by atoms with Gasteiger partial charge in [-0.2, -0.15) is 0 Å². The summed E-state index contributed by atoms with van der Waals surface area (Å²) in [6.45, 7) is 3.89. The lowest BCUT2D eigenvalue weighted by atomic mass is 9.95. The van der Waals surface area contributed by atoms with E-state index in [0.717, 1.165) is 31.1 Å². The molecule has 3 nitrogen and oxygen atoms in total. The van der Waals surface area contributed by atoms with Gasteiger partial charge >= 0.3 is 0 Å². The van der Waals surface area contributed by atoms with E-state index in [1.165, 1.54) is 17.8 Å². The second-order valence-electron chi connectivity index (χ2n) is 4.51. The zero-order chi connectivity index (χ0) is 11.4. The Balaban J connectivity index is 1.88. The number of thiazole rings is 1. The largest absolute Gasteiger partial charge is 0.317 e. The molecule has 0 aromatic carbocycles. The average Bonchev–Trinajstić information content (AvgIpc) is 2.66. The fraction of sp³-hybridized carbons (Fsp3) is 0.667. The number of ketones is 1. The van der Waals surface area contributed by atoms with E-state index < -0.39 is 0 Å². The third-order valence-electron chi connectivity index (χ3n) is 2.95. The highest BCUT2D eigenvalue weighted by Crippen LogP contribution is 2.20. The van der Waals surface area contributed by atoms with Crippen LogP contribution in [-0.4, -0.2) is 23.9 Å². The molecule has 1 aromatic heterocycles. The number of carbonyl (C=O) groups excluding carboxylic acids is 1. The number of carbonyl (C=O) groups is 1. The molecule has 0 unspecified atom stereocenters. The normalized spacial score (nSPS) is 17.6. The monoisotopic (exact) mass is 238 g/mol. The second kappa shape index (κ2) is 5.55. The van der Waals surface area contributed by atoms with Gasteiger partial charge in [-0.3, -0.25) is 4.79 Å². The van der Waals surface area contributed by atoms with Gasteiger partial charge in [-0.1, -0.05) is 0 Å². The van der Waals surface area contributed by atoms with E-state index in [9.17, 15) is 4.79 Å². The van der Waals surface area contributed by atoms with Crippen molar-refractivity contribution in [3.63, 3.8) is 0 Å². The number of rotatable bonds is 4. The number of nitrogens with one attached hydrogen (secondary N) is 1. The first-order valence-electron chi connectivity index (χ1n) is 5.87. The predicted molar refractivity (Wildman–Crippen MR) is 65.8 cm³/mol. The van der Waals surface area contributed by atoms with E-state index >= 15 is 0 Å². The molecule has 1 aliphatic rings. The van der Waals surface area contributed by atoms with Crippen LogP contribution in [0, 0.1) is 5.92 Å². The van der Waals surface area contributed by atoms with E-state index in [4.69, 9.17) is 0 Å². The summed E-state index contributed by atoms with van der Waals surface area (Å²) >= 11 is 1.70. The lowest BCUT2D eigenvalue weighted by Gasteiger charge is -2.21. The van der Waals surface area contributed by atoms with Crippen LogP contribution in [0.3, 0.4) is 0 Å². The number of hydrogen-bond acceptors (Lipinski definition) is 4. The van der Waals surface area contributed by atoms with Gasteiger partial charge in [-0.05, 0) is 38.8 Å². The Kier molecular flexibility index (Phi) is 4.07. The van der Waals surface area contributed by atoms with Gasteiger partial charge in [0.05, 0.1) is 10.7 Å². The van der Waals surface area contributed by atoms with Gasteiger partial charge in [0.2, 0.25) is 0 Å². The van der Waals surface area contributed by atoms with Crippen LogP contribution in [0.15, 0.2) is 5.38 Å². The Hall–Kier alpha value is -0.740. The highest BCUT2D eigenvalue weighted by atomic mass is 32.1. The molecule has 0 saturated carbocycles. The molecule has 2 rings (SSSR count). The SMILES string of the molecule is CC(=O)Cc1csc(CC2CCNCC2)n1. The van der Waals surface area contributed by atoms with Crippen LogP contribution in [0.25, 0.3) is 0 Å². The van der Waals surface area contributed by atoms with Gasteiger partial charge in [0.15, 0.2) is 0 Å². The summed E-state index contributed by atoms with van der Waals surface area (Å²) in [7, 11) is 0. The van der Waals surface area contributed by atoms with Crippen LogP contribution in [-0.2, 0) is 17.6 Å². The Labute approximate surface area is 100 Å². The molecule has 2 heterocycles. The zero-order valence-corrected chi connectivity index (χ0v) is 10.5. The van der Waals surface area contributed by atoms with E-state index in [-0.39, 0.29) is 5.78 Å². The molecule has 4 heteroatoms. The van der Waals surface area contributed by atoms with Gasteiger partial charge in [-0.25, -0.2) is 4.98 Å². The Morgan fingerprint density at radius 3 is 3.00 bits per heavy atom. The maximum atomic E-state index is 11.0. The van der Waals surface area contributed by atoms with Gasteiger partial charge in [0, 0.05) is 18.2 Å². The van der Waals surface area contributed by atoms with Crippen LogP contribution in [0.1, 0.15) is 30.5 Å². The number of hydrogen-bond donors (Lipinski definition) is 1. The quantitative estimate of drug-likeness (QED) is 0.870. The lowest BCUT2D eigenvalue weighted by molar-refractivity contribution is -0.116. The summed E-state index contributed by atoms with van der Waals surface area (Å²) in [6.07, 6.45) is 4.08. The fourth-order valence-corrected chi connectivity index (χ4v) is 3.02. The van der Waals surface area contributed by atoms with Crippen molar-refractivity contribution < 1.29 is 4.79 Å². The lowest BCUT2D eigenvalue weighted by Crippen LogP contribution is -2.28. The van der Waals surface area contributed by atoms with Crippen molar-refractivity contribution in [3.8, 4) is 0 Å². The Bertz CT molecular complexity index is 356. The molecule has 16 heavy (non-hydrogen) atoms. The molecule has 1 aliphatic heterocycles. The molecule has 1 N–H and O–H groups in total. The van der Waals surface area contributed by atoms with Crippen molar-refractivity contribution in [2.45, 2.75) is 32.6 Å². The molecule has 0 bridgehead atoms. The standard InChI is InChI=1S/C12H18N2OS/c1-9(15)6-11-8-16-12(14-11)7-10-2-4-13-5-3-10/h8,10,13H,2-7H2,1H3. The molecule has 0 aliphatic carbocycles. The number of piperidine rings is 1. The number of aromatic nitrogens is 1. The van der Waals surface area contributed by atoms with Gasteiger partial charge in [0.25, 0.3) is 0 Å². The van der Waals surface area contributed by atoms with Crippen LogP contribution >= 0.6 is 11.3 Å². The molecule has 0 radical (unpaired) electrons. The van der Waals surface area contributed by atoms with E-state index in [2.05, 4.69) is 10.3 Å². The van der Waals surface area contributed by atoms with Gasteiger partial charge in [-0.15, -0.1) is 11.3 Å². The minimum Gasteiger partial charge on any atom is -0.317 e. The summed E-state index contributed by atoms with van der Waals surface area (Å²) < 4.78 is 0. The van der Waals surface area contributed by atoms with E-state index in [1.807, 2.05) is 5.38 Å². The number of Topliss-reactive ketones (excluding diaryl/α,β-unsaturated/α-hetero) is 1. The van der Waals surface area contributed by atoms with Crippen molar-refractivity contribution >= 4 is 17.1 Å². The molecular formula is C12H18N2OS. The molecule has 88 valence electrons. The van der Waals surface area contributed by atoms with Crippen molar-refractivity contribution in [2.24, 2.45) is 5.92 Å². The molecule has 0 spiro atoms. The topological polar surface area (TPSA) is 42.0 Å². The smallest absolute Gasteiger partial charge is 0.135 e. The summed E-state index contributed by atoms with van der Waals surface area (Å²) in [5.74, 6) is 0.969. The first-order valence-corrected chi connectivity index (χ1v) is 6.75. The molecule has 1 aromatic rings. The second-order valence-corrected chi connectivity index (χ2v) is 5.45. The maximum absolute atomic E-state index is 11.0. The first kappa shape index (κ1) is 11.7. The first-order chi connectivity index (χ1) is 7.74. The van der Waals surface area contributed by atoms with Gasteiger partial charge < -0.3 is 5.32 Å². The highest BCUT2D eigenvalue weighted by Gasteiger charge is 2.15.